The van der Waals surface area contributed by atoms with Crippen LogP contribution in [0.3, 0.4) is 0 Å². The zero-order chi connectivity index (χ0) is 20.3. The summed E-state index contributed by atoms with van der Waals surface area (Å²) in [6.07, 6.45) is 3.71. The molecule has 0 fully saturated rings. The summed E-state index contributed by atoms with van der Waals surface area (Å²) in [5, 5.41) is 12.1. The van der Waals surface area contributed by atoms with Crippen molar-refractivity contribution < 1.29 is 18.7 Å². The average molecular weight is 399 g/mol. The third kappa shape index (κ3) is 3.75. The van der Waals surface area contributed by atoms with Crippen LogP contribution >= 0.6 is 11.6 Å². The number of carbonyl (C=O) groups excluding carboxylic acids is 2. The molecule has 3 aromatic rings. The van der Waals surface area contributed by atoms with E-state index in [1.165, 1.54) is 13.1 Å². The van der Waals surface area contributed by atoms with Crippen LogP contribution in [0, 0.1) is 18.3 Å². The Bertz CT molecular complexity index is 1070. The first-order valence-corrected chi connectivity index (χ1v) is 8.59. The SMILES string of the molecule is Cc1oc(-n2cccc2)c(C#N)c1C(=O)O[C@H](C)C(=O)Nc1cccnc1Cl. The van der Waals surface area contributed by atoms with E-state index in [2.05, 4.69) is 10.3 Å². The standard InChI is InChI=1S/C19H15ClN4O4/c1-11-15(13(10-21)18(27-11)24-8-3-4-9-24)19(26)28-12(2)17(25)23-14-6-5-7-22-16(14)20/h3-9,12H,1-2H3,(H,23,25)/t12-/m1/s1. The lowest BCUT2D eigenvalue weighted by Gasteiger charge is -2.13. The van der Waals surface area contributed by atoms with E-state index in [4.69, 9.17) is 20.8 Å². The Morgan fingerprint density at radius 2 is 2.07 bits per heavy atom. The Morgan fingerprint density at radius 1 is 1.36 bits per heavy atom. The van der Waals surface area contributed by atoms with Gasteiger partial charge in [0.25, 0.3) is 5.91 Å². The number of ether oxygens (including phenoxy) is 1. The van der Waals surface area contributed by atoms with Gasteiger partial charge < -0.3 is 14.5 Å². The first-order chi connectivity index (χ1) is 13.4. The fourth-order valence-electron chi connectivity index (χ4n) is 2.52. The van der Waals surface area contributed by atoms with E-state index < -0.39 is 18.0 Å². The number of carbonyl (C=O) groups is 2. The Balaban J connectivity index is 1.79. The predicted octanol–water partition coefficient (Wildman–Crippen LogP) is 3.48. The summed E-state index contributed by atoms with van der Waals surface area (Å²) < 4.78 is 12.4. The highest BCUT2D eigenvalue weighted by atomic mass is 35.5. The van der Waals surface area contributed by atoms with Gasteiger partial charge in [0, 0.05) is 18.6 Å². The van der Waals surface area contributed by atoms with E-state index in [-0.39, 0.29) is 27.9 Å². The highest BCUT2D eigenvalue weighted by Gasteiger charge is 2.28. The fraction of sp³-hybridized carbons (Fsp3) is 0.158. The zero-order valence-corrected chi connectivity index (χ0v) is 15.7. The number of furan rings is 1. The van der Waals surface area contributed by atoms with Crippen molar-refractivity contribution in [2.45, 2.75) is 20.0 Å². The van der Waals surface area contributed by atoms with Crippen molar-refractivity contribution in [1.82, 2.24) is 9.55 Å². The molecule has 0 saturated carbocycles. The van der Waals surface area contributed by atoms with Crippen LogP contribution in [-0.2, 0) is 9.53 Å². The van der Waals surface area contributed by atoms with E-state index >= 15 is 0 Å². The number of aryl methyl sites for hydroxylation is 1. The Hall–Kier alpha value is -3.57. The van der Waals surface area contributed by atoms with Crippen molar-refractivity contribution in [2.24, 2.45) is 0 Å². The van der Waals surface area contributed by atoms with Gasteiger partial charge in [-0.25, -0.2) is 9.78 Å². The molecule has 8 nitrogen and oxygen atoms in total. The third-order valence-corrected chi connectivity index (χ3v) is 4.19. The van der Waals surface area contributed by atoms with Crippen molar-refractivity contribution >= 4 is 29.2 Å². The molecule has 1 N–H and O–H groups in total. The second-order valence-corrected chi connectivity index (χ2v) is 6.15. The molecule has 0 aliphatic rings. The van der Waals surface area contributed by atoms with Crippen LogP contribution < -0.4 is 5.32 Å². The summed E-state index contributed by atoms with van der Waals surface area (Å²) in [7, 11) is 0. The van der Waals surface area contributed by atoms with Gasteiger partial charge in [-0.05, 0) is 38.1 Å². The molecule has 0 bridgehead atoms. The van der Waals surface area contributed by atoms with E-state index in [1.807, 2.05) is 6.07 Å². The number of nitriles is 1. The lowest BCUT2D eigenvalue weighted by molar-refractivity contribution is -0.123. The molecule has 0 spiro atoms. The van der Waals surface area contributed by atoms with Gasteiger partial charge in [0.15, 0.2) is 11.3 Å². The molecular weight excluding hydrogens is 384 g/mol. The van der Waals surface area contributed by atoms with E-state index in [9.17, 15) is 14.9 Å². The molecule has 28 heavy (non-hydrogen) atoms. The summed E-state index contributed by atoms with van der Waals surface area (Å²) in [6.45, 7) is 2.95. The molecule has 0 aliphatic carbocycles. The quantitative estimate of drug-likeness (QED) is 0.520. The highest BCUT2D eigenvalue weighted by Crippen LogP contribution is 2.26. The van der Waals surface area contributed by atoms with Crippen LogP contribution in [0.1, 0.15) is 28.6 Å². The molecular formula is C19H15ClN4O4. The maximum atomic E-state index is 12.6. The van der Waals surface area contributed by atoms with E-state index in [0.29, 0.717) is 5.69 Å². The maximum absolute atomic E-state index is 12.6. The monoisotopic (exact) mass is 398 g/mol. The molecule has 3 heterocycles. The molecule has 0 saturated heterocycles. The number of nitrogens with zero attached hydrogens (tertiary/aromatic N) is 3. The number of amides is 1. The molecule has 3 rings (SSSR count). The van der Waals surface area contributed by atoms with Crippen molar-refractivity contribution in [3.05, 3.63) is 64.9 Å². The molecule has 142 valence electrons. The topological polar surface area (TPSA) is 110 Å². The minimum atomic E-state index is -1.14. The minimum Gasteiger partial charge on any atom is -0.449 e. The molecule has 0 aromatic carbocycles. The number of rotatable bonds is 5. The van der Waals surface area contributed by atoms with Crippen molar-refractivity contribution in [1.29, 1.82) is 5.26 Å². The van der Waals surface area contributed by atoms with Crippen LogP contribution in [0.2, 0.25) is 5.15 Å². The maximum Gasteiger partial charge on any atom is 0.343 e. The number of pyridine rings is 1. The molecule has 1 atom stereocenters. The number of hydrogen-bond acceptors (Lipinski definition) is 6. The fourth-order valence-corrected chi connectivity index (χ4v) is 2.68. The summed E-state index contributed by atoms with van der Waals surface area (Å²) in [6, 6.07) is 8.65. The van der Waals surface area contributed by atoms with Crippen LogP contribution in [0.5, 0.6) is 0 Å². The second-order valence-electron chi connectivity index (χ2n) is 5.79. The molecule has 0 unspecified atom stereocenters. The first-order valence-electron chi connectivity index (χ1n) is 8.21. The normalized spacial score (nSPS) is 11.5. The Kier molecular flexibility index (Phi) is 5.47. The number of anilines is 1. The molecule has 1 amide bonds. The minimum absolute atomic E-state index is 0.0229. The number of hydrogen-bond donors (Lipinski definition) is 1. The highest BCUT2D eigenvalue weighted by molar-refractivity contribution is 6.32. The molecule has 0 aliphatic heterocycles. The van der Waals surface area contributed by atoms with Crippen molar-refractivity contribution in [3.63, 3.8) is 0 Å². The van der Waals surface area contributed by atoms with Gasteiger partial charge in [-0.2, -0.15) is 5.26 Å². The molecule has 3 aromatic heterocycles. The van der Waals surface area contributed by atoms with Gasteiger partial charge >= 0.3 is 5.97 Å². The summed E-state index contributed by atoms with van der Waals surface area (Å²) in [4.78, 5) is 28.8. The van der Waals surface area contributed by atoms with Gasteiger partial charge in [-0.3, -0.25) is 9.36 Å². The third-order valence-electron chi connectivity index (χ3n) is 3.89. The summed E-state index contributed by atoms with van der Waals surface area (Å²) in [5.74, 6) is -1.01. The van der Waals surface area contributed by atoms with Crippen molar-refractivity contribution in [2.75, 3.05) is 5.32 Å². The number of aromatic nitrogens is 2. The van der Waals surface area contributed by atoms with Gasteiger partial charge in [-0.1, -0.05) is 11.6 Å². The zero-order valence-electron chi connectivity index (χ0n) is 15.0. The molecule has 0 radical (unpaired) electrons. The van der Waals surface area contributed by atoms with E-state index in [1.54, 1.807) is 48.1 Å². The molecule has 9 heteroatoms. The van der Waals surface area contributed by atoms with Crippen LogP contribution in [0.15, 0.2) is 47.3 Å². The van der Waals surface area contributed by atoms with E-state index in [0.717, 1.165) is 0 Å². The van der Waals surface area contributed by atoms with Crippen LogP contribution in [-0.4, -0.2) is 27.5 Å². The Morgan fingerprint density at radius 3 is 2.71 bits per heavy atom. The predicted molar refractivity (Wildman–Crippen MR) is 100 cm³/mol. The summed E-state index contributed by atoms with van der Waals surface area (Å²) >= 11 is 5.90. The van der Waals surface area contributed by atoms with Crippen LogP contribution in [0.25, 0.3) is 5.88 Å². The van der Waals surface area contributed by atoms with Gasteiger partial charge in [0.05, 0.1) is 5.69 Å². The van der Waals surface area contributed by atoms with Gasteiger partial charge in [0.1, 0.15) is 23.0 Å². The smallest absolute Gasteiger partial charge is 0.343 e. The number of nitrogens with one attached hydrogen (secondary N) is 1. The van der Waals surface area contributed by atoms with Gasteiger partial charge in [0.2, 0.25) is 5.88 Å². The van der Waals surface area contributed by atoms with Crippen LogP contribution in [0.4, 0.5) is 5.69 Å². The summed E-state index contributed by atoms with van der Waals surface area (Å²) in [5.41, 5.74) is 0.302. The largest absolute Gasteiger partial charge is 0.449 e. The van der Waals surface area contributed by atoms with Gasteiger partial charge in [-0.15, -0.1) is 0 Å². The lowest BCUT2D eigenvalue weighted by atomic mass is 10.1. The first kappa shape index (κ1) is 19.2. The van der Waals surface area contributed by atoms with Crippen molar-refractivity contribution in [3.8, 4) is 12.0 Å². The second kappa shape index (κ2) is 7.98. The number of esters is 1. The number of halogens is 1. The Labute approximate surface area is 165 Å². The average Bonchev–Trinajstić information content (AvgIpc) is 3.30. The lowest BCUT2D eigenvalue weighted by Crippen LogP contribution is -2.30.